The van der Waals surface area contributed by atoms with Crippen molar-refractivity contribution in [2.24, 2.45) is 0 Å². The van der Waals surface area contributed by atoms with E-state index in [1.807, 2.05) is 12.1 Å². The molecular weight excluding hydrogens is 228 g/mol. The number of nitrogens with two attached hydrogens (primary N) is 1. The molecule has 2 aromatic rings. The van der Waals surface area contributed by atoms with Crippen LogP contribution in [0.15, 0.2) is 41.1 Å². The first-order chi connectivity index (χ1) is 8.33. The molecule has 0 atom stereocenters. The lowest BCUT2D eigenvalue weighted by molar-refractivity contribution is 0.797. The Hall–Kier alpha value is -1.48. The molecule has 0 unspecified atom stereocenters. The van der Waals surface area contributed by atoms with Crippen molar-refractivity contribution in [1.29, 1.82) is 0 Å². The highest BCUT2D eigenvalue weighted by Gasteiger charge is 2.29. The lowest BCUT2D eigenvalue weighted by atomic mass is 10.2. The van der Waals surface area contributed by atoms with E-state index in [0.717, 1.165) is 18.3 Å². The van der Waals surface area contributed by atoms with Crippen molar-refractivity contribution in [2.75, 3.05) is 10.6 Å². The van der Waals surface area contributed by atoms with Gasteiger partial charge >= 0.3 is 0 Å². The number of nitrogen functional groups attached to an aromatic ring is 1. The highest BCUT2D eigenvalue weighted by Crippen LogP contribution is 2.33. The van der Waals surface area contributed by atoms with Crippen LogP contribution in [0.4, 0.5) is 11.4 Å². The van der Waals surface area contributed by atoms with E-state index in [2.05, 4.69) is 33.9 Å². The second kappa shape index (κ2) is 4.41. The van der Waals surface area contributed by atoms with E-state index in [1.165, 1.54) is 24.1 Å². The third kappa shape index (κ3) is 2.44. The summed E-state index contributed by atoms with van der Waals surface area (Å²) in [5.74, 6) is 0. The molecule has 1 aliphatic rings. The Labute approximate surface area is 106 Å². The fourth-order valence-corrected chi connectivity index (χ4v) is 2.72. The van der Waals surface area contributed by atoms with Crippen molar-refractivity contribution in [2.45, 2.75) is 25.4 Å². The van der Waals surface area contributed by atoms with Gasteiger partial charge in [-0.1, -0.05) is 0 Å². The lowest BCUT2D eigenvalue weighted by Crippen LogP contribution is -2.24. The standard InChI is InChI=1S/C14H16N2S/c15-12-1-3-13(4-2-12)16(14-5-6-14)9-11-7-8-17-10-11/h1-4,7-8,10,14H,5-6,9,15H2. The van der Waals surface area contributed by atoms with Gasteiger partial charge in [0.2, 0.25) is 0 Å². The van der Waals surface area contributed by atoms with E-state index in [9.17, 15) is 0 Å². The van der Waals surface area contributed by atoms with Crippen molar-refractivity contribution >= 4 is 22.7 Å². The number of nitrogens with zero attached hydrogens (tertiary/aromatic N) is 1. The minimum absolute atomic E-state index is 0.721. The summed E-state index contributed by atoms with van der Waals surface area (Å²) in [6.45, 7) is 1.01. The van der Waals surface area contributed by atoms with Gasteiger partial charge in [0, 0.05) is 24.0 Å². The van der Waals surface area contributed by atoms with Crippen molar-refractivity contribution in [3.63, 3.8) is 0 Å². The zero-order valence-electron chi connectivity index (χ0n) is 9.67. The highest BCUT2D eigenvalue weighted by atomic mass is 32.1. The Kier molecular flexibility index (Phi) is 2.77. The van der Waals surface area contributed by atoms with Crippen LogP contribution in [0.25, 0.3) is 0 Å². The van der Waals surface area contributed by atoms with Crippen molar-refractivity contribution in [3.05, 3.63) is 46.7 Å². The van der Waals surface area contributed by atoms with Crippen LogP contribution in [0.5, 0.6) is 0 Å². The first kappa shape index (κ1) is 10.7. The number of hydrogen-bond donors (Lipinski definition) is 1. The molecule has 1 fully saturated rings. The van der Waals surface area contributed by atoms with Gasteiger partial charge in [-0.3, -0.25) is 0 Å². The number of hydrogen-bond acceptors (Lipinski definition) is 3. The van der Waals surface area contributed by atoms with E-state index >= 15 is 0 Å². The first-order valence-corrected chi connectivity index (χ1v) is 6.90. The third-order valence-corrected chi connectivity index (χ3v) is 3.88. The van der Waals surface area contributed by atoms with Gasteiger partial charge in [-0.15, -0.1) is 0 Å². The molecular formula is C14H16N2S. The Morgan fingerprint density at radius 2 is 1.94 bits per heavy atom. The van der Waals surface area contributed by atoms with Crippen LogP contribution in [0.1, 0.15) is 18.4 Å². The van der Waals surface area contributed by atoms with Gasteiger partial charge in [0.05, 0.1) is 0 Å². The molecule has 3 heteroatoms. The van der Waals surface area contributed by atoms with Crippen LogP contribution in [0, 0.1) is 0 Å². The summed E-state index contributed by atoms with van der Waals surface area (Å²) < 4.78 is 0. The fraction of sp³-hybridized carbons (Fsp3) is 0.286. The van der Waals surface area contributed by atoms with E-state index in [4.69, 9.17) is 5.73 Å². The maximum atomic E-state index is 5.74. The van der Waals surface area contributed by atoms with Crippen LogP contribution < -0.4 is 10.6 Å². The summed E-state index contributed by atoms with van der Waals surface area (Å²) in [6, 6.07) is 11.1. The van der Waals surface area contributed by atoms with Crippen LogP contribution >= 0.6 is 11.3 Å². The van der Waals surface area contributed by atoms with Crippen LogP contribution in [0.3, 0.4) is 0 Å². The number of anilines is 2. The summed E-state index contributed by atoms with van der Waals surface area (Å²) in [7, 11) is 0. The van der Waals surface area contributed by atoms with E-state index in [1.54, 1.807) is 11.3 Å². The molecule has 1 aromatic heterocycles. The van der Waals surface area contributed by atoms with E-state index in [-0.39, 0.29) is 0 Å². The largest absolute Gasteiger partial charge is 0.399 e. The van der Waals surface area contributed by atoms with Gasteiger partial charge < -0.3 is 10.6 Å². The summed E-state index contributed by atoms with van der Waals surface area (Å²) in [6.07, 6.45) is 2.63. The molecule has 3 rings (SSSR count). The summed E-state index contributed by atoms with van der Waals surface area (Å²) >= 11 is 1.76. The zero-order chi connectivity index (χ0) is 11.7. The van der Waals surface area contributed by atoms with Crippen LogP contribution in [-0.4, -0.2) is 6.04 Å². The van der Waals surface area contributed by atoms with Gasteiger partial charge in [-0.25, -0.2) is 0 Å². The predicted molar refractivity (Wildman–Crippen MR) is 74.4 cm³/mol. The van der Waals surface area contributed by atoms with Gasteiger partial charge in [-0.2, -0.15) is 11.3 Å². The maximum absolute atomic E-state index is 5.74. The normalized spacial score (nSPS) is 14.8. The molecule has 0 bridgehead atoms. The van der Waals surface area contributed by atoms with Crippen molar-refractivity contribution in [3.8, 4) is 0 Å². The Morgan fingerprint density at radius 3 is 2.53 bits per heavy atom. The Bertz CT molecular complexity index is 471. The average molecular weight is 244 g/mol. The van der Waals surface area contributed by atoms with Gasteiger partial charge in [0.1, 0.15) is 0 Å². The molecule has 0 saturated heterocycles. The molecule has 0 amide bonds. The van der Waals surface area contributed by atoms with Gasteiger partial charge in [-0.05, 0) is 59.5 Å². The summed E-state index contributed by atoms with van der Waals surface area (Å²) in [4.78, 5) is 2.49. The number of thiophene rings is 1. The quantitative estimate of drug-likeness (QED) is 0.834. The summed E-state index contributed by atoms with van der Waals surface area (Å²) in [5.41, 5.74) is 9.26. The SMILES string of the molecule is Nc1ccc(N(Cc2ccsc2)C2CC2)cc1. The monoisotopic (exact) mass is 244 g/mol. The van der Waals surface area contributed by atoms with Gasteiger partial charge in [0.25, 0.3) is 0 Å². The lowest BCUT2D eigenvalue weighted by Gasteiger charge is -2.24. The predicted octanol–water partition coefficient (Wildman–Crippen LogP) is 3.50. The molecule has 88 valence electrons. The van der Waals surface area contributed by atoms with Crippen LogP contribution in [-0.2, 0) is 6.54 Å². The molecule has 2 N–H and O–H groups in total. The smallest absolute Gasteiger partial charge is 0.0440 e. The molecule has 17 heavy (non-hydrogen) atoms. The highest BCUT2D eigenvalue weighted by molar-refractivity contribution is 7.07. The molecule has 1 heterocycles. The molecule has 0 radical (unpaired) electrons. The first-order valence-electron chi connectivity index (χ1n) is 5.96. The number of rotatable bonds is 4. The van der Waals surface area contributed by atoms with Crippen LogP contribution in [0.2, 0.25) is 0 Å². The third-order valence-electron chi connectivity index (χ3n) is 3.15. The topological polar surface area (TPSA) is 29.3 Å². The van der Waals surface area contributed by atoms with Crippen molar-refractivity contribution < 1.29 is 0 Å². The molecule has 1 aliphatic carbocycles. The minimum atomic E-state index is 0.721. The Morgan fingerprint density at radius 1 is 1.18 bits per heavy atom. The van der Waals surface area contributed by atoms with E-state index in [0.29, 0.717) is 0 Å². The minimum Gasteiger partial charge on any atom is -0.399 e. The molecule has 0 spiro atoms. The van der Waals surface area contributed by atoms with Crippen molar-refractivity contribution in [1.82, 2.24) is 0 Å². The second-order valence-electron chi connectivity index (χ2n) is 4.58. The second-order valence-corrected chi connectivity index (χ2v) is 5.36. The number of benzene rings is 1. The summed E-state index contributed by atoms with van der Waals surface area (Å²) in [5, 5.41) is 4.37. The zero-order valence-corrected chi connectivity index (χ0v) is 10.5. The molecule has 1 aromatic carbocycles. The van der Waals surface area contributed by atoms with Gasteiger partial charge in [0.15, 0.2) is 0 Å². The average Bonchev–Trinajstić information content (AvgIpc) is 3.05. The molecule has 0 aliphatic heterocycles. The fourth-order valence-electron chi connectivity index (χ4n) is 2.06. The Balaban J connectivity index is 1.82. The van der Waals surface area contributed by atoms with E-state index < -0.39 is 0 Å². The maximum Gasteiger partial charge on any atom is 0.0440 e. The molecule has 1 saturated carbocycles. The molecule has 2 nitrogen and oxygen atoms in total.